The van der Waals surface area contributed by atoms with Crippen molar-refractivity contribution < 1.29 is 13.6 Å². The maximum Gasteiger partial charge on any atom is 0.171 e. The van der Waals surface area contributed by atoms with Gasteiger partial charge in [-0.2, -0.15) is 5.10 Å². The fraction of sp³-hybridized carbons (Fsp3) is 0.286. The van der Waals surface area contributed by atoms with Crippen LogP contribution in [0.4, 0.5) is 8.78 Å². The highest BCUT2D eigenvalue weighted by atomic mass is 35.5. The van der Waals surface area contributed by atoms with E-state index in [1.807, 2.05) is 6.92 Å². The molecule has 0 N–H and O–H groups in total. The van der Waals surface area contributed by atoms with Crippen LogP contribution in [-0.4, -0.2) is 15.6 Å². The van der Waals surface area contributed by atoms with Crippen molar-refractivity contribution in [2.45, 2.75) is 19.8 Å². The molecular formula is C14H12Cl2F2N2O. The van der Waals surface area contributed by atoms with Crippen LogP contribution >= 0.6 is 23.2 Å². The standard InChI is InChI=1S/C14H12Cl2F2N2O/c1-3-11-14(16)12(20(2)19-11)6-13(21)7-4-10(18)8(15)5-9(7)17/h4-5H,3,6H2,1-2H3. The molecule has 0 bridgehead atoms. The van der Waals surface area contributed by atoms with Gasteiger partial charge in [0.05, 0.1) is 33.4 Å². The molecule has 0 atom stereocenters. The lowest BCUT2D eigenvalue weighted by molar-refractivity contribution is 0.0986. The van der Waals surface area contributed by atoms with E-state index in [9.17, 15) is 13.6 Å². The van der Waals surface area contributed by atoms with E-state index >= 15 is 0 Å². The van der Waals surface area contributed by atoms with E-state index in [0.29, 0.717) is 22.8 Å². The van der Waals surface area contributed by atoms with Gasteiger partial charge in [0.25, 0.3) is 0 Å². The molecule has 7 heteroatoms. The molecule has 0 aliphatic carbocycles. The number of aryl methyl sites for hydroxylation is 2. The van der Waals surface area contributed by atoms with E-state index in [0.717, 1.165) is 12.1 Å². The molecule has 21 heavy (non-hydrogen) atoms. The van der Waals surface area contributed by atoms with Gasteiger partial charge >= 0.3 is 0 Å². The van der Waals surface area contributed by atoms with Gasteiger partial charge in [-0.3, -0.25) is 9.48 Å². The number of carbonyl (C=O) groups is 1. The predicted octanol–water partition coefficient (Wildman–Crippen LogP) is 3.99. The van der Waals surface area contributed by atoms with E-state index in [1.165, 1.54) is 4.68 Å². The third kappa shape index (κ3) is 3.09. The summed E-state index contributed by atoms with van der Waals surface area (Å²) >= 11 is 11.6. The summed E-state index contributed by atoms with van der Waals surface area (Å²) in [4.78, 5) is 12.2. The maximum absolute atomic E-state index is 13.7. The smallest absolute Gasteiger partial charge is 0.171 e. The van der Waals surface area contributed by atoms with Gasteiger partial charge in [0.2, 0.25) is 0 Å². The van der Waals surface area contributed by atoms with Crippen molar-refractivity contribution in [3.8, 4) is 0 Å². The Hall–Kier alpha value is -1.46. The highest BCUT2D eigenvalue weighted by Gasteiger charge is 2.20. The van der Waals surface area contributed by atoms with E-state index in [2.05, 4.69) is 5.10 Å². The minimum Gasteiger partial charge on any atom is -0.294 e. The lowest BCUT2D eigenvalue weighted by Crippen LogP contribution is -2.10. The van der Waals surface area contributed by atoms with Crippen molar-refractivity contribution in [2.24, 2.45) is 7.05 Å². The molecule has 1 aromatic carbocycles. The summed E-state index contributed by atoms with van der Waals surface area (Å²) in [5.74, 6) is -2.29. The zero-order valence-corrected chi connectivity index (χ0v) is 12.9. The highest BCUT2D eigenvalue weighted by molar-refractivity contribution is 6.32. The fourth-order valence-corrected chi connectivity index (χ4v) is 2.51. The second-order valence-electron chi connectivity index (χ2n) is 4.53. The van der Waals surface area contributed by atoms with Gasteiger partial charge in [-0.25, -0.2) is 8.78 Å². The minimum atomic E-state index is -0.861. The molecule has 0 saturated heterocycles. The molecule has 112 valence electrons. The van der Waals surface area contributed by atoms with Gasteiger partial charge in [0, 0.05) is 7.05 Å². The van der Waals surface area contributed by atoms with Gasteiger partial charge in [-0.1, -0.05) is 30.1 Å². The minimum absolute atomic E-state index is 0.166. The molecule has 3 nitrogen and oxygen atoms in total. The van der Waals surface area contributed by atoms with Gasteiger partial charge in [0.15, 0.2) is 5.78 Å². The lowest BCUT2D eigenvalue weighted by atomic mass is 10.1. The largest absolute Gasteiger partial charge is 0.294 e. The van der Waals surface area contributed by atoms with Crippen molar-refractivity contribution >= 4 is 29.0 Å². The second kappa shape index (κ2) is 6.12. The van der Waals surface area contributed by atoms with Crippen molar-refractivity contribution in [3.63, 3.8) is 0 Å². The average molecular weight is 333 g/mol. The molecule has 0 fully saturated rings. The zero-order chi connectivity index (χ0) is 15.7. The Morgan fingerprint density at radius 1 is 1.29 bits per heavy atom. The molecule has 0 saturated carbocycles. The lowest BCUT2D eigenvalue weighted by Gasteiger charge is -2.05. The van der Waals surface area contributed by atoms with Gasteiger partial charge < -0.3 is 0 Å². The number of Topliss-reactive ketones (excluding diaryl/α,β-unsaturated/α-hetero) is 1. The van der Waals surface area contributed by atoms with Crippen LogP contribution in [0.15, 0.2) is 12.1 Å². The molecule has 1 aromatic heterocycles. The van der Waals surface area contributed by atoms with Gasteiger partial charge in [-0.15, -0.1) is 0 Å². The fourth-order valence-electron chi connectivity index (χ4n) is 2.00. The van der Waals surface area contributed by atoms with Crippen molar-refractivity contribution in [2.75, 3.05) is 0 Å². The quantitative estimate of drug-likeness (QED) is 0.626. The first-order valence-corrected chi connectivity index (χ1v) is 6.98. The number of aromatic nitrogens is 2. The summed E-state index contributed by atoms with van der Waals surface area (Å²) in [5, 5.41) is 4.19. The van der Waals surface area contributed by atoms with Crippen molar-refractivity contribution in [3.05, 3.63) is 50.8 Å². The first-order valence-electron chi connectivity index (χ1n) is 6.23. The van der Waals surface area contributed by atoms with Crippen LogP contribution in [0.3, 0.4) is 0 Å². The number of carbonyl (C=O) groups excluding carboxylic acids is 1. The van der Waals surface area contributed by atoms with Crippen LogP contribution in [0.5, 0.6) is 0 Å². The normalized spacial score (nSPS) is 11.0. The molecule has 0 aliphatic rings. The molecule has 0 spiro atoms. The molecule has 2 aromatic rings. The Labute approximate surface area is 130 Å². The summed E-state index contributed by atoms with van der Waals surface area (Å²) in [5.41, 5.74) is 0.769. The molecule has 1 heterocycles. The molecule has 0 radical (unpaired) electrons. The summed E-state index contributed by atoms with van der Waals surface area (Å²) in [6, 6.07) is 1.58. The molecule has 2 rings (SSSR count). The Bertz CT molecular complexity index is 713. The number of nitrogens with zero attached hydrogens (tertiary/aromatic N) is 2. The van der Waals surface area contributed by atoms with Crippen LogP contribution in [0.1, 0.15) is 28.7 Å². The van der Waals surface area contributed by atoms with E-state index in [4.69, 9.17) is 23.2 Å². The van der Waals surface area contributed by atoms with Crippen LogP contribution in [0.2, 0.25) is 10.0 Å². The Kier molecular flexibility index (Phi) is 4.64. The second-order valence-corrected chi connectivity index (χ2v) is 5.32. The summed E-state index contributed by atoms with van der Waals surface area (Å²) in [6.45, 7) is 1.88. The van der Waals surface area contributed by atoms with E-state index in [-0.39, 0.29) is 17.0 Å². The monoisotopic (exact) mass is 332 g/mol. The third-order valence-corrected chi connectivity index (χ3v) is 3.87. The van der Waals surface area contributed by atoms with Gasteiger partial charge in [0.1, 0.15) is 11.6 Å². The summed E-state index contributed by atoms with van der Waals surface area (Å²) < 4.78 is 28.6. The highest BCUT2D eigenvalue weighted by Crippen LogP contribution is 2.24. The first-order chi connectivity index (χ1) is 9.85. The molecule has 0 amide bonds. The van der Waals surface area contributed by atoms with Crippen LogP contribution in [0, 0.1) is 11.6 Å². The predicted molar refractivity (Wildman–Crippen MR) is 77.0 cm³/mol. The van der Waals surface area contributed by atoms with Crippen LogP contribution in [-0.2, 0) is 19.9 Å². The zero-order valence-electron chi connectivity index (χ0n) is 11.4. The molecule has 0 unspecified atom stereocenters. The van der Waals surface area contributed by atoms with E-state index in [1.54, 1.807) is 7.05 Å². The first kappa shape index (κ1) is 15.9. The Balaban J connectivity index is 2.35. The van der Waals surface area contributed by atoms with E-state index < -0.39 is 17.4 Å². The molecule has 0 aliphatic heterocycles. The number of benzene rings is 1. The SMILES string of the molecule is CCc1nn(C)c(CC(=O)c2cc(F)c(Cl)cc2F)c1Cl. The van der Waals surface area contributed by atoms with Crippen molar-refractivity contribution in [1.82, 2.24) is 9.78 Å². The summed E-state index contributed by atoms with van der Waals surface area (Å²) in [7, 11) is 1.65. The number of rotatable bonds is 4. The Morgan fingerprint density at radius 3 is 2.52 bits per heavy atom. The number of hydrogen-bond acceptors (Lipinski definition) is 2. The topological polar surface area (TPSA) is 34.9 Å². The maximum atomic E-state index is 13.7. The molecular weight excluding hydrogens is 321 g/mol. The summed E-state index contributed by atoms with van der Waals surface area (Å²) in [6.07, 6.45) is 0.450. The van der Waals surface area contributed by atoms with Crippen molar-refractivity contribution in [1.29, 1.82) is 0 Å². The third-order valence-electron chi connectivity index (χ3n) is 3.14. The average Bonchev–Trinajstić information content (AvgIpc) is 2.70. The van der Waals surface area contributed by atoms with Gasteiger partial charge in [-0.05, 0) is 18.6 Å². The number of hydrogen-bond donors (Lipinski definition) is 0. The number of ketones is 1. The van der Waals surface area contributed by atoms with Crippen LogP contribution < -0.4 is 0 Å². The van der Waals surface area contributed by atoms with Crippen LogP contribution in [0.25, 0.3) is 0 Å². The number of halogens is 4. The Morgan fingerprint density at radius 2 is 1.95 bits per heavy atom.